The van der Waals surface area contributed by atoms with Crippen molar-refractivity contribution in [3.8, 4) is 0 Å². The molecule has 2 aromatic rings. The average molecular weight is 458 g/mol. The van der Waals surface area contributed by atoms with Gasteiger partial charge < -0.3 is 26.0 Å². The Kier molecular flexibility index (Phi) is 6.45. The zero-order valence-electron chi connectivity index (χ0n) is 17.0. The second-order valence-electron chi connectivity index (χ2n) is 7.09. The van der Waals surface area contributed by atoms with Crippen molar-refractivity contribution < 1.29 is 24.3 Å². The van der Waals surface area contributed by atoms with Gasteiger partial charge in [0.2, 0.25) is 5.91 Å². The maximum absolute atomic E-state index is 13.1. The van der Waals surface area contributed by atoms with Gasteiger partial charge in [-0.25, -0.2) is 0 Å². The molecule has 0 unspecified atom stereocenters. The minimum atomic E-state index is -1.11. The van der Waals surface area contributed by atoms with E-state index in [1.54, 1.807) is 0 Å². The summed E-state index contributed by atoms with van der Waals surface area (Å²) in [5.74, 6) is -2.75. The van der Waals surface area contributed by atoms with Crippen molar-refractivity contribution in [3.05, 3.63) is 58.1 Å². The van der Waals surface area contributed by atoms with Crippen molar-refractivity contribution >= 4 is 52.5 Å². The summed E-state index contributed by atoms with van der Waals surface area (Å²) in [6.07, 6.45) is -0.331. The second-order valence-corrected chi connectivity index (χ2v) is 7.47. The molecule has 0 spiro atoms. The van der Waals surface area contributed by atoms with E-state index >= 15 is 0 Å². The molecule has 1 aliphatic heterocycles. The average Bonchev–Trinajstić information content (AvgIpc) is 2.84. The molecule has 0 radical (unpaired) electrons. The number of nitrogens with one attached hydrogen (secondary N) is 2. The molecule has 0 atom stereocenters. The van der Waals surface area contributed by atoms with Crippen molar-refractivity contribution in [2.45, 2.75) is 6.42 Å². The van der Waals surface area contributed by atoms with Crippen LogP contribution in [0.3, 0.4) is 0 Å². The molecule has 2 aromatic carbocycles. The number of benzene rings is 2. The number of carboxylic acid groups (broad SMARTS) is 1. The molecule has 1 aliphatic rings. The first kappa shape index (κ1) is 22.8. The van der Waals surface area contributed by atoms with E-state index < -0.39 is 23.7 Å². The van der Waals surface area contributed by atoms with Crippen LogP contribution in [0, 0.1) is 5.41 Å². The highest BCUT2D eigenvalue weighted by Crippen LogP contribution is 2.36. The molecule has 3 rings (SSSR count). The minimum Gasteiger partial charge on any atom is -0.481 e. The summed E-state index contributed by atoms with van der Waals surface area (Å²) in [6.45, 7) is -0.458. The number of amides is 3. The molecular weight excluding hydrogens is 438 g/mol. The molecule has 0 saturated heterocycles. The van der Waals surface area contributed by atoms with Gasteiger partial charge in [-0.15, -0.1) is 0 Å². The Morgan fingerprint density at radius 1 is 1.16 bits per heavy atom. The van der Waals surface area contributed by atoms with Crippen molar-refractivity contribution in [1.29, 1.82) is 5.41 Å². The Labute approximate surface area is 188 Å². The van der Waals surface area contributed by atoms with Gasteiger partial charge >= 0.3 is 5.97 Å². The molecule has 1 heterocycles. The lowest BCUT2D eigenvalue weighted by molar-refractivity contribution is -0.137. The molecule has 10 nitrogen and oxygen atoms in total. The van der Waals surface area contributed by atoms with E-state index in [-0.39, 0.29) is 52.9 Å². The van der Waals surface area contributed by atoms with Crippen LogP contribution in [-0.4, -0.2) is 59.7 Å². The SMILES string of the molecule is CN1C(=O)CN(CCC(=O)O)C(=O)c2c1ccc(NC(=O)c1ccc(C(=N)N)cc1)c2Cl. The number of aliphatic carboxylic acids is 1. The van der Waals surface area contributed by atoms with E-state index in [9.17, 15) is 19.2 Å². The van der Waals surface area contributed by atoms with Crippen LogP contribution in [0.15, 0.2) is 36.4 Å². The van der Waals surface area contributed by atoms with E-state index in [4.69, 9.17) is 27.9 Å². The Morgan fingerprint density at radius 3 is 2.38 bits per heavy atom. The zero-order valence-corrected chi connectivity index (χ0v) is 17.8. The number of nitrogens with two attached hydrogens (primary N) is 1. The Morgan fingerprint density at radius 2 is 1.78 bits per heavy atom. The summed E-state index contributed by atoms with van der Waals surface area (Å²) in [4.78, 5) is 51.5. The molecule has 0 aromatic heterocycles. The fourth-order valence-corrected chi connectivity index (χ4v) is 3.47. The molecule has 32 heavy (non-hydrogen) atoms. The monoisotopic (exact) mass is 457 g/mol. The van der Waals surface area contributed by atoms with Gasteiger partial charge in [0.05, 0.1) is 28.4 Å². The van der Waals surface area contributed by atoms with Gasteiger partial charge in [0.15, 0.2) is 0 Å². The van der Waals surface area contributed by atoms with Gasteiger partial charge in [-0.05, 0) is 24.3 Å². The van der Waals surface area contributed by atoms with Gasteiger partial charge in [-0.3, -0.25) is 24.6 Å². The van der Waals surface area contributed by atoms with E-state index in [2.05, 4.69) is 5.32 Å². The van der Waals surface area contributed by atoms with Gasteiger partial charge in [0, 0.05) is 24.7 Å². The number of halogens is 1. The highest BCUT2D eigenvalue weighted by atomic mass is 35.5. The summed E-state index contributed by atoms with van der Waals surface area (Å²) >= 11 is 6.47. The third kappa shape index (κ3) is 4.54. The molecule has 0 fully saturated rings. The Bertz CT molecular complexity index is 1130. The van der Waals surface area contributed by atoms with Crippen LogP contribution in [0.5, 0.6) is 0 Å². The van der Waals surface area contributed by atoms with E-state index in [0.29, 0.717) is 5.56 Å². The molecule has 11 heteroatoms. The maximum atomic E-state index is 13.1. The highest BCUT2D eigenvalue weighted by molar-refractivity contribution is 6.38. The zero-order chi connectivity index (χ0) is 23.6. The third-order valence-corrected chi connectivity index (χ3v) is 5.38. The lowest BCUT2D eigenvalue weighted by Gasteiger charge is -2.19. The Hall–Kier alpha value is -3.92. The molecule has 166 valence electrons. The first-order chi connectivity index (χ1) is 15.1. The van der Waals surface area contributed by atoms with Crippen molar-refractivity contribution in [2.24, 2.45) is 5.73 Å². The van der Waals surface area contributed by atoms with Crippen LogP contribution in [0.25, 0.3) is 0 Å². The van der Waals surface area contributed by atoms with Crippen LogP contribution in [0.2, 0.25) is 5.02 Å². The molecular formula is C21H20ClN5O5. The van der Waals surface area contributed by atoms with Crippen molar-refractivity contribution in [1.82, 2.24) is 4.90 Å². The van der Waals surface area contributed by atoms with Crippen LogP contribution in [0.4, 0.5) is 11.4 Å². The van der Waals surface area contributed by atoms with Gasteiger partial charge in [-0.2, -0.15) is 0 Å². The number of amidine groups is 1. The van der Waals surface area contributed by atoms with E-state index in [1.165, 1.54) is 48.3 Å². The number of carbonyl (C=O) groups is 4. The largest absolute Gasteiger partial charge is 0.481 e. The standard InChI is InChI=1S/C21H20ClN5O5/c1-26-14-7-6-13(25-20(31)12-4-2-11(3-5-12)19(23)24)18(22)17(14)21(32)27(10-15(26)28)9-8-16(29)30/h2-7H,8-10H2,1H3,(H3,23,24)(H,25,31)(H,29,30). The highest BCUT2D eigenvalue weighted by Gasteiger charge is 2.33. The summed E-state index contributed by atoms with van der Waals surface area (Å²) in [6, 6.07) is 9.02. The van der Waals surface area contributed by atoms with Gasteiger partial charge in [0.25, 0.3) is 11.8 Å². The van der Waals surface area contributed by atoms with Crippen LogP contribution in [0.1, 0.15) is 32.7 Å². The molecule has 3 amide bonds. The van der Waals surface area contributed by atoms with Crippen LogP contribution in [-0.2, 0) is 9.59 Å². The van der Waals surface area contributed by atoms with Crippen LogP contribution < -0.4 is 16.0 Å². The normalized spacial score (nSPS) is 13.4. The van der Waals surface area contributed by atoms with E-state index in [1.807, 2.05) is 0 Å². The fourth-order valence-electron chi connectivity index (χ4n) is 3.19. The van der Waals surface area contributed by atoms with Crippen LogP contribution >= 0.6 is 11.6 Å². The summed E-state index contributed by atoms with van der Waals surface area (Å²) in [5, 5.41) is 18.9. The number of nitrogens with zero attached hydrogens (tertiary/aromatic N) is 2. The minimum absolute atomic E-state index is 0.00451. The quantitative estimate of drug-likeness (QED) is 0.382. The van der Waals surface area contributed by atoms with Gasteiger partial charge in [0.1, 0.15) is 12.4 Å². The smallest absolute Gasteiger partial charge is 0.305 e. The molecule has 0 aliphatic carbocycles. The number of hydrogen-bond donors (Lipinski definition) is 4. The number of carbonyl (C=O) groups excluding carboxylic acids is 3. The maximum Gasteiger partial charge on any atom is 0.305 e. The molecule has 5 N–H and O–H groups in total. The lowest BCUT2D eigenvalue weighted by Crippen LogP contribution is -2.38. The lowest BCUT2D eigenvalue weighted by atomic mass is 10.1. The number of nitrogen functional groups attached to an aromatic ring is 1. The molecule has 0 saturated carbocycles. The number of rotatable bonds is 6. The second kappa shape index (κ2) is 9.06. The fraction of sp³-hybridized carbons (Fsp3) is 0.190. The van der Waals surface area contributed by atoms with Crippen molar-refractivity contribution in [3.63, 3.8) is 0 Å². The van der Waals surface area contributed by atoms with Crippen molar-refractivity contribution in [2.75, 3.05) is 30.4 Å². The predicted octanol–water partition coefficient (Wildman–Crippen LogP) is 1.77. The van der Waals surface area contributed by atoms with Gasteiger partial charge in [-0.1, -0.05) is 23.7 Å². The number of hydrogen-bond acceptors (Lipinski definition) is 5. The number of fused-ring (bicyclic) bond motifs is 1. The Balaban J connectivity index is 1.94. The number of carboxylic acids is 1. The van der Waals surface area contributed by atoms with E-state index in [0.717, 1.165) is 4.90 Å². The first-order valence-electron chi connectivity index (χ1n) is 9.46. The first-order valence-corrected chi connectivity index (χ1v) is 9.84. The summed E-state index contributed by atoms with van der Waals surface area (Å²) < 4.78 is 0. The third-order valence-electron chi connectivity index (χ3n) is 4.98. The molecule has 0 bridgehead atoms. The number of anilines is 2. The summed E-state index contributed by atoms with van der Waals surface area (Å²) in [5.41, 5.74) is 6.56. The predicted molar refractivity (Wildman–Crippen MR) is 118 cm³/mol. The number of likely N-dealkylation sites (N-methyl/N-ethyl adjacent to an activating group) is 1. The topological polar surface area (TPSA) is 157 Å². The summed E-state index contributed by atoms with van der Waals surface area (Å²) in [7, 11) is 1.49.